The lowest BCUT2D eigenvalue weighted by Gasteiger charge is -2.17. The van der Waals surface area contributed by atoms with Crippen molar-refractivity contribution in [3.63, 3.8) is 0 Å². The molecule has 0 unspecified atom stereocenters. The number of hydrogen-bond donors (Lipinski definition) is 0. The monoisotopic (exact) mass is 309 g/mol. The third-order valence-corrected chi connectivity index (χ3v) is 3.19. The summed E-state index contributed by atoms with van der Waals surface area (Å²) in [7, 11) is 1.67. The first-order chi connectivity index (χ1) is 10.4. The molecule has 0 radical (unpaired) electrons. The number of halogens is 2. The zero-order valence-corrected chi connectivity index (χ0v) is 12.6. The number of benzene rings is 1. The lowest BCUT2D eigenvalue weighted by atomic mass is 10.1. The molecule has 0 saturated heterocycles. The van der Waals surface area contributed by atoms with E-state index in [0.29, 0.717) is 23.6 Å². The van der Waals surface area contributed by atoms with Gasteiger partial charge in [0, 0.05) is 13.6 Å². The van der Waals surface area contributed by atoms with Crippen molar-refractivity contribution in [1.82, 2.24) is 4.90 Å². The van der Waals surface area contributed by atoms with Crippen molar-refractivity contribution in [3.8, 4) is 5.75 Å². The van der Waals surface area contributed by atoms with Crippen molar-refractivity contribution in [1.29, 1.82) is 0 Å². The van der Waals surface area contributed by atoms with Crippen molar-refractivity contribution in [2.75, 3.05) is 7.05 Å². The molecule has 1 aromatic heterocycles. The molecule has 22 heavy (non-hydrogen) atoms. The van der Waals surface area contributed by atoms with Crippen LogP contribution in [0.2, 0.25) is 0 Å². The van der Waals surface area contributed by atoms with Gasteiger partial charge in [-0.1, -0.05) is 12.1 Å². The highest BCUT2D eigenvalue weighted by Crippen LogP contribution is 2.18. The summed E-state index contributed by atoms with van der Waals surface area (Å²) >= 11 is 0. The third-order valence-electron chi connectivity index (χ3n) is 3.19. The minimum atomic E-state index is -2.84. The summed E-state index contributed by atoms with van der Waals surface area (Å²) in [5, 5.41) is 0. The molecule has 4 nitrogen and oxygen atoms in total. The summed E-state index contributed by atoms with van der Waals surface area (Å²) in [6.45, 7) is 1.04. The van der Waals surface area contributed by atoms with Gasteiger partial charge in [0.2, 0.25) is 0 Å². The predicted molar refractivity (Wildman–Crippen MR) is 77.1 cm³/mol. The Morgan fingerprint density at radius 1 is 1.27 bits per heavy atom. The third kappa shape index (κ3) is 3.84. The van der Waals surface area contributed by atoms with Crippen LogP contribution in [0.25, 0.3) is 0 Å². The van der Waals surface area contributed by atoms with Crippen LogP contribution in [-0.4, -0.2) is 24.5 Å². The molecule has 6 heteroatoms. The fraction of sp³-hybridized carbons (Fsp3) is 0.312. The molecule has 0 N–H and O–H groups in total. The first-order valence-electron chi connectivity index (χ1n) is 6.73. The number of nitrogens with zero attached hydrogens (tertiary/aromatic N) is 1. The summed E-state index contributed by atoms with van der Waals surface area (Å²) in [6.07, 6.45) is 0. The van der Waals surface area contributed by atoms with Crippen LogP contribution in [0.5, 0.6) is 5.75 Å². The SMILES string of the molecule is Cc1cc(C(=O)N(C)Cc2ccc(OC(F)F)cc2)c(C)o1. The average Bonchev–Trinajstić information content (AvgIpc) is 2.78. The largest absolute Gasteiger partial charge is 0.466 e. The number of furan rings is 1. The average molecular weight is 309 g/mol. The molecule has 2 aromatic rings. The smallest absolute Gasteiger partial charge is 0.387 e. The van der Waals surface area contributed by atoms with Gasteiger partial charge in [-0.2, -0.15) is 8.78 Å². The van der Waals surface area contributed by atoms with E-state index in [9.17, 15) is 13.6 Å². The molecule has 0 bridgehead atoms. The predicted octanol–water partition coefficient (Wildman–Crippen LogP) is 3.77. The minimum Gasteiger partial charge on any atom is -0.466 e. The van der Waals surface area contributed by atoms with E-state index in [1.54, 1.807) is 44.0 Å². The molecule has 0 aliphatic rings. The molecule has 118 valence electrons. The van der Waals surface area contributed by atoms with E-state index in [1.165, 1.54) is 12.1 Å². The number of carbonyl (C=O) groups is 1. The molecule has 0 spiro atoms. The van der Waals surface area contributed by atoms with Crippen molar-refractivity contribution in [2.24, 2.45) is 0 Å². The fourth-order valence-corrected chi connectivity index (χ4v) is 2.17. The molecule has 0 fully saturated rings. The summed E-state index contributed by atoms with van der Waals surface area (Å²) in [5.74, 6) is 1.20. The van der Waals surface area contributed by atoms with Crippen molar-refractivity contribution in [2.45, 2.75) is 27.0 Å². The molecule has 0 atom stereocenters. The molecule has 0 aliphatic carbocycles. The second-order valence-corrected chi connectivity index (χ2v) is 5.01. The van der Waals surface area contributed by atoms with Crippen molar-refractivity contribution in [3.05, 3.63) is 53.0 Å². The van der Waals surface area contributed by atoms with Crippen LogP contribution < -0.4 is 4.74 Å². The van der Waals surface area contributed by atoms with E-state index in [4.69, 9.17) is 4.42 Å². The van der Waals surface area contributed by atoms with Crippen LogP contribution >= 0.6 is 0 Å². The molecule has 1 heterocycles. The second kappa shape index (κ2) is 6.60. The van der Waals surface area contributed by atoms with Gasteiger partial charge in [-0.15, -0.1) is 0 Å². The maximum atomic E-state index is 12.3. The Morgan fingerprint density at radius 3 is 2.41 bits per heavy atom. The topological polar surface area (TPSA) is 42.7 Å². The molecule has 1 amide bonds. The highest BCUT2D eigenvalue weighted by atomic mass is 19.3. The summed E-state index contributed by atoms with van der Waals surface area (Å²) in [4.78, 5) is 13.9. The van der Waals surface area contributed by atoms with Gasteiger partial charge in [0.25, 0.3) is 5.91 Å². The van der Waals surface area contributed by atoms with Crippen LogP contribution in [-0.2, 0) is 6.54 Å². The molecule has 0 saturated carbocycles. The summed E-state index contributed by atoms with van der Waals surface area (Å²) in [5.41, 5.74) is 1.34. The standard InChI is InChI=1S/C16H17F2NO3/c1-10-8-14(11(2)21-10)15(20)19(3)9-12-4-6-13(7-5-12)22-16(17)18/h4-8,16H,9H2,1-3H3. The Labute approximate surface area is 127 Å². The lowest BCUT2D eigenvalue weighted by molar-refractivity contribution is -0.0498. The Balaban J connectivity index is 2.03. The minimum absolute atomic E-state index is 0.0917. The Kier molecular flexibility index (Phi) is 4.80. The molecular formula is C16H17F2NO3. The second-order valence-electron chi connectivity index (χ2n) is 5.01. The van der Waals surface area contributed by atoms with E-state index < -0.39 is 6.61 Å². The number of amides is 1. The Bertz CT molecular complexity index is 650. The highest BCUT2D eigenvalue weighted by Gasteiger charge is 2.17. The molecule has 0 aliphatic heterocycles. The number of ether oxygens (including phenoxy) is 1. The van der Waals surface area contributed by atoms with Gasteiger partial charge in [-0.05, 0) is 37.6 Å². The van der Waals surface area contributed by atoms with Gasteiger partial charge in [0.05, 0.1) is 5.56 Å². The first-order valence-corrected chi connectivity index (χ1v) is 6.73. The normalized spacial score (nSPS) is 10.8. The van der Waals surface area contributed by atoms with Crippen LogP contribution in [0, 0.1) is 13.8 Å². The first kappa shape index (κ1) is 16.0. The van der Waals surface area contributed by atoms with Crippen LogP contribution in [0.15, 0.2) is 34.7 Å². The van der Waals surface area contributed by atoms with Crippen LogP contribution in [0.3, 0.4) is 0 Å². The summed E-state index contributed by atoms with van der Waals surface area (Å²) < 4.78 is 33.8. The molecule has 2 rings (SSSR count). The van der Waals surface area contributed by atoms with Gasteiger partial charge in [0.15, 0.2) is 0 Å². The quantitative estimate of drug-likeness (QED) is 0.844. The maximum Gasteiger partial charge on any atom is 0.387 e. The highest BCUT2D eigenvalue weighted by molar-refractivity contribution is 5.95. The summed E-state index contributed by atoms with van der Waals surface area (Å²) in [6, 6.07) is 7.90. The zero-order valence-electron chi connectivity index (χ0n) is 12.6. The van der Waals surface area contributed by atoms with Crippen LogP contribution in [0.1, 0.15) is 27.4 Å². The van der Waals surface area contributed by atoms with Gasteiger partial charge in [0.1, 0.15) is 17.3 Å². The Morgan fingerprint density at radius 2 is 1.91 bits per heavy atom. The van der Waals surface area contributed by atoms with E-state index in [2.05, 4.69) is 4.74 Å². The fourth-order valence-electron chi connectivity index (χ4n) is 2.17. The van der Waals surface area contributed by atoms with Crippen molar-refractivity contribution >= 4 is 5.91 Å². The zero-order chi connectivity index (χ0) is 16.3. The maximum absolute atomic E-state index is 12.3. The van der Waals surface area contributed by atoms with E-state index in [-0.39, 0.29) is 11.7 Å². The number of rotatable bonds is 5. The number of alkyl halides is 2. The van der Waals surface area contributed by atoms with E-state index in [0.717, 1.165) is 5.56 Å². The van der Waals surface area contributed by atoms with E-state index in [1.807, 2.05) is 0 Å². The van der Waals surface area contributed by atoms with Crippen molar-refractivity contribution < 1.29 is 22.7 Å². The Hall–Kier alpha value is -2.37. The lowest BCUT2D eigenvalue weighted by Crippen LogP contribution is -2.26. The number of carbonyl (C=O) groups excluding carboxylic acids is 1. The van der Waals surface area contributed by atoms with E-state index >= 15 is 0 Å². The molecular weight excluding hydrogens is 292 g/mol. The van der Waals surface area contributed by atoms with Crippen LogP contribution in [0.4, 0.5) is 8.78 Å². The number of hydrogen-bond acceptors (Lipinski definition) is 3. The van der Waals surface area contributed by atoms with Gasteiger partial charge in [-0.25, -0.2) is 0 Å². The van der Waals surface area contributed by atoms with Gasteiger partial charge in [-0.3, -0.25) is 4.79 Å². The van der Waals surface area contributed by atoms with Gasteiger partial charge >= 0.3 is 6.61 Å². The van der Waals surface area contributed by atoms with Gasteiger partial charge < -0.3 is 14.1 Å². The number of aryl methyl sites for hydroxylation is 2. The molecule has 1 aromatic carbocycles.